The molecule has 3 aromatic rings. The number of aromatic nitrogens is 3. The standard InChI is InChI=1S/C20H19F2N5O/c1-26-12-23-19(25-26)13-3-6-16(7-4-13)24-20(28)27(17-8-9-17)11-14-2-5-15(21)10-18(14)22/h2-7,10,12,17H,8-9,11H2,1H3,(H,24,28). The summed E-state index contributed by atoms with van der Waals surface area (Å²) in [5.74, 6) is -0.677. The van der Waals surface area contributed by atoms with Crippen molar-refractivity contribution in [1.29, 1.82) is 0 Å². The van der Waals surface area contributed by atoms with Gasteiger partial charge in [-0.15, -0.1) is 0 Å². The molecule has 6 nitrogen and oxygen atoms in total. The number of aryl methyl sites for hydroxylation is 1. The van der Waals surface area contributed by atoms with Crippen LogP contribution in [0.15, 0.2) is 48.8 Å². The van der Waals surface area contributed by atoms with Gasteiger partial charge in [0.15, 0.2) is 5.82 Å². The summed E-state index contributed by atoms with van der Waals surface area (Å²) in [6, 6.07) is 10.4. The maximum absolute atomic E-state index is 14.0. The van der Waals surface area contributed by atoms with Crippen molar-refractivity contribution in [2.45, 2.75) is 25.4 Å². The van der Waals surface area contributed by atoms with Crippen LogP contribution in [0.2, 0.25) is 0 Å². The first kappa shape index (κ1) is 18.1. The number of urea groups is 1. The monoisotopic (exact) mass is 383 g/mol. The molecule has 28 heavy (non-hydrogen) atoms. The SMILES string of the molecule is Cn1cnc(-c2ccc(NC(=O)N(Cc3ccc(F)cc3F)C3CC3)cc2)n1. The molecule has 8 heteroatoms. The summed E-state index contributed by atoms with van der Waals surface area (Å²) in [5, 5.41) is 7.08. The summed E-state index contributed by atoms with van der Waals surface area (Å²) in [7, 11) is 1.79. The summed E-state index contributed by atoms with van der Waals surface area (Å²) in [6.45, 7) is 0.0958. The minimum Gasteiger partial charge on any atom is -0.317 e. The minimum atomic E-state index is -0.648. The molecule has 1 N–H and O–H groups in total. The van der Waals surface area contributed by atoms with Gasteiger partial charge in [-0.3, -0.25) is 4.68 Å². The number of amides is 2. The minimum absolute atomic E-state index is 0.0708. The van der Waals surface area contributed by atoms with Gasteiger partial charge in [-0.2, -0.15) is 5.10 Å². The van der Waals surface area contributed by atoms with Gasteiger partial charge in [0.05, 0.1) is 6.54 Å². The molecule has 144 valence electrons. The topological polar surface area (TPSA) is 63.1 Å². The predicted octanol–water partition coefficient (Wildman–Crippen LogP) is 3.96. The molecule has 1 heterocycles. The first-order valence-electron chi connectivity index (χ1n) is 8.97. The second-order valence-corrected chi connectivity index (χ2v) is 6.84. The third-order valence-corrected chi connectivity index (χ3v) is 4.60. The van der Waals surface area contributed by atoms with E-state index in [0.717, 1.165) is 24.5 Å². The Morgan fingerprint density at radius 1 is 1.21 bits per heavy atom. The van der Waals surface area contributed by atoms with Gasteiger partial charge in [-0.25, -0.2) is 18.6 Å². The number of hydrogen-bond acceptors (Lipinski definition) is 3. The van der Waals surface area contributed by atoms with Crippen molar-refractivity contribution >= 4 is 11.7 Å². The van der Waals surface area contributed by atoms with Crippen LogP contribution in [-0.4, -0.2) is 31.7 Å². The Labute approximate surface area is 160 Å². The molecular formula is C20H19F2N5O. The molecule has 0 aliphatic heterocycles. The van der Waals surface area contributed by atoms with Crippen LogP contribution in [0, 0.1) is 11.6 Å². The zero-order chi connectivity index (χ0) is 19.7. The van der Waals surface area contributed by atoms with E-state index in [0.29, 0.717) is 17.1 Å². The molecule has 1 aromatic heterocycles. The lowest BCUT2D eigenvalue weighted by molar-refractivity contribution is 0.205. The van der Waals surface area contributed by atoms with E-state index in [2.05, 4.69) is 15.4 Å². The van der Waals surface area contributed by atoms with Crippen molar-refractivity contribution in [2.75, 3.05) is 5.32 Å². The predicted molar refractivity (Wildman–Crippen MR) is 100 cm³/mol. The van der Waals surface area contributed by atoms with Crippen molar-refractivity contribution in [3.05, 3.63) is 66.0 Å². The normalized spacial score (nSPS) is 13.4. The Balaban J connectivity index is 1.46. The smallest absolute Gasteiger partial charge is 0.317 e. The Morgan fingerprint density at radius 2 is 1.96 bits per heavy atom. The highest BCUT2D eigenvalue weighted by atomic mass is 19.1. The molecule has 0 spiro atoms. The summed E-state index contributed by atoms with van der Waals surface area (Å²) in [6.07, 6.45) is 3.37. The Kier molecular flexibility index (Phi) is 4.77. The number of rotatable bonds is 5. The summed E-state index contributed by atoms with van der Waals surface area (Å²) >= 11 is 0. The molecule has 0 bridgehead atoms. The first-order chi connectivity index (χ1) is 13.5. The average Bonchev–Trinajstić information content (AvgIpc) is 3.41. The van der Waals surface area contributed by atoms with E-state index in [1.165, 1.54) is 12.1 Å². The van der Waals surface area contributed by atoms with Gasteiger partial charge in [0.25, 0.3) is 0 Å². The van der Waals surface area contributed by atoms with Crippen LogP contribution in [0.1, 0.15) is 18.4 Å². The average molecular weight is 383 g/mol. The molecule has 2 amide bonds. The maximum Gasteiger partial charge on any atom is 0.322 e. The van der Waals surface area contributed by atoms with Gasteiger partial charge in [-0.1, -0.05) is 6.07 Å². The van der Waals surface area contributed by atoms with Crippen LogP contribution < -0.4 is 5.32 Å². The zero-order valence-electron chi connectivity index (χ0n) is 15.3. The fourth-order valence-corrected chi connectivity index (χ4v) is 2.96. The van der Waals surface area contributed by atoms with Crippen molar-refractivity contribution in [2.24, 2.45) is 7.05 Å². The number of halogens is 2. The summed E-state index contributed by atoms with van der Waals surface area (Å²) < 4.78 is 28.7. The van der Waals surface area contributed by atoms with Crippen LogP contribution in [0.25, 0.3) is 11.4 Å². The Hall–Kier alpha value is -3.29. The molecular weight excluding hydrogens is 364 g/mol. The molecule has 0 radical (unpaired) electrons. The van der Waals surface area contributed by atoms with Crippen molar-refractivity contribution < 1.29 is 13.6 Å². The van der Waals surface area contributed by atoms with Gasteiger partial charge in [0.1, 0.15) is 18.0 Å². The number of hydrogen-bond donors (Lipinski definition) is 1. The molecule has 0 atom stereocenters. The molecule has 1 saturated carbocycles. The highest BCUT2D eigenvalue weighted by Crippen LogP contribution is 2.30. The Bertz CT molecular complexity index is 998. The van der Waals surface area contributed by atoms with Gasteiger partial charge < -0.3 is 10.2 Å². The maximum atomic E-state index is 14.0. The van der Waals surface area contributed by atoms with Crippen molar-refractivity contribution in [3.8, 4) is 11.4 Å². The second kappa shape index (κ2) is 7.38. The van der Waals surface area contributed by atoms with Gasteiger partial charge in [0.2, 0.25) is 0 Å². The third-order valence-electron chi connectivity index (χ3n) is 4.60. The number of carbonyl (C=O) groups is 1. The van der Waals surface area contributed by atoms with Gasteiger partial charge in [-0.05, 0) is 43.2 Å². The van der Waals surface area contributed by atoms with E-state index in [-0.39, 0.29) is 18.6 Å². The van der Waals surface area contributed by atoms with Crippen LogP contribution in [0.5, 0.6) is 0 Å². The lowest BCUT2D eigenvalue weighted by atomic mass is 10.2. The first-order valence-corrected chi connectivity index (χ1v) is 8.97. The van der Waals surface area contributed by atoms with Crippen molar-refractivity contribution in [3.63, 3.8) is 0 Å². The van der Waals surface area contributed by atoms with E-state index in [1.807, 2.05) is 12.1 Å². The largest absolute Gasteiger partial charge is 0.322 e. The number of nitrogens with zero attached hydrogens (tertiary/aromatic N) is 4. The third kappa shape index (κ3) is 4.00. The Morgan fingerprint density at radius 3 is 2.57 bits per heavy atom. The second-order valence-electron chi connectivity index (χ2n) is 6.84. The van der Waals surface area contributed by atoms with E-state index >= 15 is 0 Å². The quantitative estimate of drug-likeness (QED) is 0.725. The summed E-state index contributed by atoms with van der Waals surface area (Å²) in [5.41, 5.74) is 1.75. The van der Waals surface area contributed by atoms with Crippen LogP contribution in [0.3, 0.4) is 0 Å². The number of carbonyl (C=O) groups excluding carboxylic acids is 1. The number of benzene rings is 2. The number of nitrogens with one attached hydrogen (secondary N) is 1. The zero-order valence-corrected chi connectivity index (χ0v) is 15.3. The van der Waals surface area contributed by atoms with E-state index in [4.69, 9.17) is 0 Å². The van der Waals surface area contributed by atoms with E-state index in [9.17, 15) is 13.6 Å². The van der Waals surface area contributed by atoms with Crippen LogP contribution in [0.4, 0.5) is 19.3 Å². The molecule has 0 saturated heterocycles. The molecule has 1 aliphatic carbocycles. The van der Waals surface area contributed by atoms with Gasteiger partial charge >= 0.3 is 6.03 Å². The molecule has 2 aromatic carbocycles. The molecule has 0 unspecified atom stereocenters. The number of anilines is 1. The highest BCUT2D eigenvalue weighted by molar-refractivity contribution is 5.90. The molecule has 1 aliphatic rings. The van der Waals surface area contributed by atoms with Crippen molar-refractivity contribution in [1.82, 2.24) is 19.7 Å². The van der Waals surface area contributed by atoms with Gasteiger partial charge in [0, 0.05) is 36.0 Å². The lowest BCUT2D eigenvalue weighted by Gasteiger charge is -2.23. The molecule has 1 fully saturated rings. The van der Waals surface area contributed by atoms with E-state index in [1.54, 1.807) is 35.1 Å². The fourth-order valence-electron chi connectivity index (χ4n) is 2.96. The fraction of sp³-hybridized carbons (Fsp3) is 0.250. The lowest BCUT2D eigenvalue weighted by Crippen LogP contribution is -2.36. The van der Waals surface area contributed by atoms with E-state index < -0.39 is 11.6 Å². The highest BCUT2D eigenvalue weighted by Gasteiger charge is 2.33. The van der Waals surface area contributed by atoms with Crippen LogP contribution >= 0.6 is 0 Å². The summed E-state index contributed by atoms with van der Waals surface area (Å²) in [4.78, 5) is 18.5. The van der Waals surface area contributed by atoms with Crippen LogP contribution in [-0.2, 0) is 13.6 Å². The molecule has 4 rings (SSSR count).